The van der Waals surface area contributed by atoms with E-state index in [0.29, 0.717) is 29.9 Å². The number of carboxylic acid groups (broad SMARTS) is 1. The molecule has 0 saturated carbocycles. The van der Waals surface area contributed by atoms with Gasteiger partial charge in [-0.3, -0.25) is 0 Å². The molecule has 0 aliphatic carbocycles. The van der Waals surface area contributed by atoms with Crippen LogP contribution < -0.4 is 4.74 Å². The van der Waals surface area contributed by atoms with Crippen molar-refractivity contribution in [2.45, 2.75) is 58.3 Å². The molecule has 0 radical (unpaired) electrons. The molecule has 0 aliphatic heterocycles. The predicted molar refractivity (Wildman–Crippen MR) is 205 cm³/mol. The standard InChI is InChI=1S/C44H46O4S/c1-7-47-42(28-49-40-24-25-41(31(6)26-40)48-27-43(45)46)44(38-20-16-36(17-21-38)34-12-8-32(9-13-34)29(2)3)39-22-18-37(19-23-39)35-14-10-33(11-15-35)30(4)5/h8-26,29-30H,7,27-28H2,1-6H3,(H,45,46). The van der Waals surface area contributed by atoms with Crippen LogP contribution >= 0.6 is 11.8 Å². The van der Waals surface area contributed by atoms with Gasteiger partial charge in [-0.1, -0.05) is 125 Å². The van der Waals surface area contributed by atoms with Crippen molar-refractivity contribution in [3.8, 4) is 28.0 Å². The van der Waals surface area contributed by atoms with E-state index in [2.05, 4.69) is 125 Å². The molecule has 0 spiro atoms. The Hall–Kier alpha value is -4.74. The van der Waals surface area contributed by atoms with Gasteiger partial charge < -0.3 is 14.6 Å². The first-order valence-electron chi connectivity index (χ1n) is 17.0. The van der Waals surface area contributed by atoms with E-state index in [-0.39, 0.29) is 6.61 Å². The van der Waals surface area contributed by atoms with E-state index in [4.69, 9.17) is 14.6 Å². The first-order chi connectivity index (χ1) is 23.6. The van der Waals surface area contributed by atoms with Crippen molar-refractivity contribution in [2.24, 2.45) is 0 Å². The Bertz CT molecular complexity index is 1770. The smallest absolute Gasteiger partial charge is 0.341 e. The lowest BCUT2D eigenvalue weighted by molar-refractivity contribution is -0.139. The summed E-state index contributed by atoms with van der Waals surface area (Å²) in [6, 6.07) is 41.1. The molecule has 0 heterocycles. The molecule has 0 amide bonds. The molecule has 4 nitrogen and oxygen atoms in total. The molecule has 5 aromatic carbocycles. The Morgan fingerprint density at radius 3 is 1.51 bits per heavy atom. The van der Waals surface area contributed by atoms with Crippen LogP contribution in [0, 0.1) is 6.92 Å². The molecule has 0 fully saturated rings. The molecule has 0 aliphatic rings. The minimum Gasteiger partial charge on any atom is -0.497 e. The van der Waals surface area contributed by atoms with Crippen molar-refractivity contribution in [1.29, 1.82) is 0 Å². The number of rotatable bonds is 14. The average molecular weight is 671 g/mol. The number of aryl methyl sites for hydroxylation is 1. The molecule has 49 heavy (non-hydrogen) atoms. The van der Waals surface area contributed by atoms with E-state index in [1.54, 1.807) is 11.8 Å². The van der Waals surface area contributed by atoms with Crippen LogP contribution in [0.2, 0.25) is 0 Å². The summed E-state index contributed by atoms with van der Waals surface area (Å²) >= 11 is 1.69. The van der Waals surface area contributed by atoms with Gasteiger partial charge in [0.05, 0.1) is 12.4 Å². The summed E-state index contributed by atoms with van der Waals surface area (Å²) in [6.07, 6.45) is 0. The normalized spacial score (nSPS) is 11.1. The molecule has 5 aromatic rings. The second-order valence-electron chi connectivity index (χ2n) is 12.8. The minimum absolute atomic E-state index is 0.363. The first-order valence-corrected chi connectivity index (χ1v) is 18.0. The van der Waals surface area contributed by atoms with E-state index in [0.717, 1.165) is 32.9 Å². The highest BCUT2D eigenvalue weighted by Crippen LogP contribution is 2.35. The predicted octanol–water partition coefficient (Wildman–Crippen LogP) is 11.6. The Labute approximate surface area is 295 Å². The Kier molecular flexibility index (Phi) is 12.0. The Balaban J connectivity index is 1.50. The molecular weight excluding hydrogens is 625 g/mol. The summed E-state index contributed by atoms with van der Waals surface area (Å²) in [6.45, 7) is 13.0. The summed E-state index contributed by atoms with van der Waals surface area (Å²) in [5.41, 5.74) is 11.5. The number of thioether (sulfide) groups is 1. The van der Waals surface area contributed by atoms with E-state index in [9.17, 15) is 4.79 Å². The number of ether oxygens (including phenoxy) is 2. The quantitative estimate of drug-likeness (QED) is 0.0941. The third-order valence-corrected chi connectivity index (χ3v) is 9.63. The third kappa shape index (κ3) is 9.24. The maximum atomic E-state index is 11.0. The molecule has 0 aromatic heterocycles. The molecule has 0 bridgehead atoms. The van der Waals surface area contributed by atoms with Crippen LogP contribution in [0.1, 0.15) is 74.3 Å². The van der Waals surface area contributed by atoms with Crippen molar-refractivity contribution in [1.82, 2.24) is 0 Å². The SMILES string of the molecule is CCOC(CSc1ccc(OCC(=O)O)c(C)c1)=C(c1ccc(-c2ccc(C(C)C)cc2)cc1)c1ccc(-c2ccc(C(C)C)cc2)cc1. The zero-order valence-electron chi connectivity index (χ0n) is 29.3. The van der Waals surface area contributed by atoms with E-state index >= 15 is 0 Å². The van der Waals surface area contributed by atoms with Crippen LogP contribution in [-0.2, 0) is 9.53 Å². The van der Waals surface area contributed by atoms with Gasteiger partial charge in [0.1, 0.15) is 11.5 Å². The average Bonchev–Trinajstić information content (AvgIpc) is 3.11. The van der Waals surface area contributed by atoms with Crippen LogP contribution in [0.25, 0.3) is 27.8 Å². The first kappa shape index (κ1) is 35.6. The fraction of sp³-hybridized carbons (Fsp3) is 0.250. The van der Waals surface area contributed by atoms with E-state index in [1.807, 2.05) is 32.0 Å². The molecule has 0 unspecified atom stereocenters. The zero-order chi connectivity index (χ0) is 34.9. The number of carboxylic acids is 1. The van der Waals surface area contributed by atoms with Crippen molar-refractivity contribution in [3.05, 3.63) is 149 Å². The van der Waals surface area contributed by atoms with E-state index in [1.165, 1.54) is 33.4 Å². The lowest BCUT2D eigenvalue weighted by Gasteiger charge is -2.18. The maximum absolute atomic E-state index is 11.0. The van der Waals surface area contributed by atoms with Crippen molar-refractivity contribution in [2.75, 3.05) is 19.0 Å². The van der Waals surface area contributed by atoms with Crippen LogP contribution in [0.3, 0.4) is 0 Å². The summed E-state index contributed by atoms with van der Waals surface area (Å²) in [4.78, 5) is 12.0. The topological polar surface area (TPSA) is 55.8 Å². The largest absolute Gasteiger partial charge is 0.497 e. The van der Waals surface area contributed by atoms with Crippen LogP contribution in [-0.4, -0.2) is 30.0 Å². The van der Waals surface area contributed by atoms with Crippen LogP contribution in [0.4, 0.5) is 0 Å². The van der Waals surface area contributed by atoms with Crippen molar-refractivity contribution >= 4 is 23.3 Å². The van der Waals surface area contributed by atoms with E-state index < -0.39 is 5.97 Å². The third-order valence-electron chi connectivity index (χ3n) is 8.63. The number of aliphatic carboxylic acids is 1. The molecule has 1 N–H and O–H groups in total. The van der Waals surface area contributed by atoms with Gasteiger partial charge in [-0.05, 0) is 94.0 Å². The second-order valence-corrected chi connectivity index (χ2v) is 13.9. The number of benzene rings is 5. The lowest BCUT2D eigenvalue weighted by Crippen LogP contribution is -2.10. The maximum Gasteiger partial charge on any atom is 0.341 e. The van der Waals surface area contributed by atoms with Gasteiger partial charge in [0.2, 0.25) is 0 Å². The fourth-order valence-corrected chi connectivity index (χ4v) is 6.74. The second kappa shape index (κ2) is 16.6. The highest BCUT2D eigenvalue weighted by atomic mass is 32.2. The summed E-state index contributed by atoms with van der Waals surface area (Å²) in [5.74, 6) is 2.10. The number of carbonyl (C=O) groups is 1. The number of hydrogen-bond donors (Lipinski definition) is 1. The molecule has 252 valence electrons. The summed E-state index contributed by atoms with van der Waals surface area (Å²) < 4.78 is 11.9. The highest BCUT2D eigenvalue weighted by Gasteiger charge is 2.16. The van der Waals surface area contributed by atoms with Gasteiger partial charge in [-0.2, -0.15) is 0 Å². The van der Waals surface area contributed by atoms with Gasteiger partial charge in [-0.25, -0.2) is 4.79 Å². The molecule has 0 atom stereocenters. The highest BCUT2D eigenvalue weighted by molar-refractivity contribution is 7.99. The lowest BCUT2D eigenvalue weighted by atomic mass is 9.92. The van der Waals surface area contributed by atoms with Gasteiger partial charge in [0.25, 0.3) is 0 Å². The van der Waals surface area contributed by atoms with Gasteiger partial charge in [-0.15, -0.1) is 11.8 Å². The van der Waals surface area contributed by atoms with Crippen LogP contribution in [0.5, 0.6) is 5.75 Å². The van der Waals surface area contributed by atoms with Gasteiger partial charge in [0.15, 0.2) is 6.61 Å². The monoisotopic (exact) mass is 670 g/mol. The molecule has 5 rings (SSSR count). The van der Waals surface area contributed by atoms with Crippen molar-refractivity contribution < 1.29 is 19.4 Å². The minimum atomic E-state index is -0.994. The van der Waals surface area contributed by atoms with Gasteiger partial charge in [0, 0.05) is 10.5 Å². The zero-order valence-corrected chi connectivity index (χ0v) is 30.1. The summed E-state index contributed by atoms with van der Waals surface area (Å²) in [7, 11) is 0. The fourth-order valence-electron chi connectivity index (χ4n) is 5.79. The number of hydrogen-bond acceptors (Lipinski definition) is 4. The molecule has 0 saturated heterocycles. The molecular formula is C44H46O4S. The Morgan fingerprint density at radius 1 is 0.673 bits per heavy atom. The summed E-state index contributed by atoms with van der Waals surface area (Å²) in [5, 5.41) is 9.01. The van der Waals surface area contributed by atoms with Gasteiger partial charge >= 0.3 is 5.97 Å². The molecule has 5 heteroatoms. The Morgan fingerprint density at radius 2 is 1.12 bits per heavy atom. The van der Waals surface area contributed by atoms with Crippen molar-refractivity contribution in [3.63, 3.8) is 0 Å². The van der Waals surface area contributed by atoms with Crippen LogP contribution in [0.15, 0.2) is 126 Å².